The van der Waals surface area contributed by atoms with Crippen LogP contribution in [0.1, 0.15) is 29.2 Å². The van der Waals surface area contributed by atoms with Crippen LogP contribution in [0.5, 0.6) is 5.75 Å². The first kappa shape index (κ1) is 14.6. The Bertz CT molecular complexity index is 537. The molecule has 0 bridgehead atoms. The van der Waals surface area contributed by atoms with E-state index < -0.39 is 0 Å². The summed E-state index contributed by atoms with van der Waals surface area (Å²) in [6.07, 6.45) is 1.94. The molecular formula is C17H22N2O. The summed E-state index contributed by atoms with van der Waals surface area (Å²) >= 11 is 0. The van der Waals surface area contributed by atoms with Crippen LogP contribution in [0, 0.1) is 6.92 Å². The zero-order valence-corrected chi connectivity index (χ0v) is 12.1. The van der Waals surface area contributed by atoms with Gasteiger partial charge in [0, 0.05) is 6.04 Å². The molecule has 0 amide bonds. The summed E-state index contributed by atoms with van der Waals surface area (Å²) in [5.74, 6) is 6.55. The lowest BCUT2D eigenvalue weighted by atomic mass is 9.99. The Morgan fingerprint density at radius 3 is 2.55 bits per heavy atom. The fourth-order valence-corrected chi connectivity index (χ4v) is 2.27. The lowest BCUT2D eigenvalue weighted by molar-refractivity contribution is 0.412. The van der Waals surface area contributed by atoms with Crippen molar-refractivity contribution in [3.05, 3.63) is 65.2 Å². The Kier molecular flexibility index (Phi) is 5.16. The van der Waals surface area contributed by atoms with E-state index in [-0.39, 0.29) is 6.04 Å². The van der Waals surface area contributed by atoms with Gasteiger partial charge in [0.1, 0.15) is 5.75 Å². The molecule has 2 aromatic carbocycles. The van der Waals surface area contributed by atoms with Gasteiger partial charge in [-0.3, -0.25) is 11.3 Å². The van der Waals surface area contributed by atoms with Crippen molar-refractivity contribution in [3.63, 3.8) is 0 Å². The monoisotopic (exact) mass is 270 g/mol. The second kappa shape index (κ2) is 7.08. The second-order valence-electron chi connectivity index (χ2n) is 5.02. The van der Waals surface area contributed by atoms with Crippen molar-refractivity contribution in [1.82, 2.24) is 5.43 Å². The van der Waals surface area contributed by atoms with Crippen LogP contribution in [-0.2, 0) is 6.42 Å². The van der Waals surface area contributed by atoms with Gasteiger partial charge in [-0.2, -0.15) is 0 Å². The van der Waals surface area contributed by atoms with Gasteiger partial charge in [-0.25, -0.2) is 0 Å². The van der Waals surface area contributed by atoms with Crippen molar-refractivity contribution in [2.45, 2.75) is 25.8 Å². The molecule has 0 fully saturated rings. The molecule has 0 aliphatic heterocycles. The van der Waals surface area contributed by atoms with Crippen molar-refractivity contribution >= 4 is 0 Å². The Labute approximate surface area is 120 Å². The average Bonchev–Trinajstić information content (AvgIpc) is 2.50. The summed E-state index contributed by atoms with van der Waals surface area (Å²) in [4.78, 5) is 0. The Hall–Kier alpha value is -1.84. The lowest BCUT2D eigenvalue weighted by Gasteiger charge is -2.17. The number of methoxy groups -OCH3 is 1. The van der Waals surface area contributed by atoms with Gasteiger partial charge >= 0.3 is 0 Å². The molecule has 0 heterocycles. The maximum absolute atomic E-state index is 5.69. The third-order valence-corrected chi connectivity index (χ3v) is 3.54. The van der Waals surface area contributed by atoms with Crippen molar-refractivity contribution in [1.29, 1.82) is 0 Å². The second-order valence-corrected chi connectivity index (χ2v) is 5.02. The highest BCUT2D eigenvalue weighted by molar-refractivity contribution is 5.30. The summed E-state index contributed by atoms with van der Waals surface area (Å²) in [6, 6.07) is 16.8. The molecular weight excluding hydrogens is 248 g/mol. The van der Waals surface area contributed by atoms with E-state index in [4.69, 9.17) is 10.6 Å². The van der Waals surface area contributed by atoms with Crippen LogP contribution in [0.25, 0.3) is 0 Å². The molecule has 0 aromatic heterocycles. The number of hydrogen-bond donors (Lipinski definition) is 2. The first-order valence-corrected chi connectivity index (χ1v) is 6.88. The molecule has 0 saturated heterocycles. The normalized spacial score (nSPS) is 12.2. The fraction of sp³-hybridized carbons (Fsp3) is 0.294. The minimum absolute atomic E-state index is 0.131. The van der Waals surface area contributed by atoms with E-state index in [0.717, 1.165) is 24.2 Å². The average molecular weight is 270 g/mol. The third-order valence-electron chi connectivity index (χ3n) is 3.54. The smallest absolute Gasteiger partial charge is 0.119 e. The summed E-state index contributed by atoms with van der Waals surface area (Å²) in [5.41, 5.74) is 6.67. The molecule has 3 nitrogen and oxygen atoms in total. The summed E-state index contributed by atoms with van der Waals surface area (Å²) in [7, 11) is 1.68. The van der Waals surface area contributed by atoms with Gasteiger partial charge in [0.15, 0.2) is 0 Å². The highest BCUT2D eigenvalue weighted by Crippen LogP contribution is 2.22. The van der Waals surface area contributed by atoms with Crippen molar-refractivity contribution in [2.75, 3.05) is 7.11 Å². The number of ether oxygens (including phenoxy) is 1. The Morgan fingerprint density at radius 1 is 1.15 bits per heavy atom. The number of rotatable bonds is 6. The molecule has 2 rings (SSSR count). The zero-order valence-electron chi connectivity index (χ0n) is 12.1. The standard InChI is InChI=1S/C17H22N2O/c1-13-6-8-14(9-7-13)10-11-17(19-18)15-4-3-5-16(12-15)20-2/h3-9,12,17,19H,10-11,18H2,1-2H3. The molecule has 2 aromatic rings. The van der Waals surface area contributed by atoms with Crippen molar-refractivity contribution in [2.24, 2.45) is 5.84 Å². The molecule has 3 N–H and O–H groups in total. The first-order chi connectivity index (χ1) is 9.72. The molecule has 20 heavy (non-hydrogen) atoms. The zero-order chi connectivity index (χ0) is 14.4. The molecule has 3 heteroatoms. The van der Waals surface area contributed by atoms with Gasteiger partial charge in [-0.15, -0.1) is 0 Å². The molecule has 1 unspecified atom stereocenters. The van der Waals surface area contributed by atoms with Gasteiger partial charge in [-0.05, 0) is 43.0 Å². The summed E-state index contributed by atoms with van der Waals surface area (Å²) in [5, 5.41) is 0. The van der Waals surface area contributed by atoms with E-state index in [1.165, 1.54) is 11.1 Å². The van der Waals surface area contributed by atoms with Crippen LogP contribution >= 0.6 is 0 Å². The SMILES string of the molecule is COc1cccc(C(CCc2ccc(C)cc2)NN)c1. The molecule has 0 spiro atoms. The molecule has 0 radical (unpaired) electrons. The number of hydrazine groups is 1. The predicted octanol–water partition coefficient (Wildman–Crippen LogP) is 3.14. The van der Waals surface area contributed by atoms with Gasteiger partial charge in [-0.1, -0.05) is 42.0 Å². The molecule has 1 atom stereocenters. The predicted molar refractivity (Wildman–Crippen MR) is 82.6 cm³/mol. The quantitative estimate of drug-likeness (QED) is 0.626. The molecule has 0 aliphatic carbocycles. The minimum atomic E-state index is 0.131. The van der Waals surface area contributed by atoms with E-state index in [1.54, 1.807) is 7.11 Å². The molecule has 0 saturated carbocycles. The van der Waals surface area contributed by atoms with E-state index in [9.17, 15) is 0 Å². The van der Waals surface area contributed by atoms with E-state index in [2.05, 4.69) is 42.7 Å². The number of aryl methyl sites for hydroxylation is 2. The third kappa shape index (κ3) is 3.83. The van der Waals surface area contributed by atoms with E-state index in [1.807, 2.05) is 18.2 Å². The van der Waals surface area contributed by atoms with Gasteiger partial charge in [0.25, 0.3) is 0 Å². The molecule has 106 valence electrons. The number of nitrogens with one attached hydrogen (secondary N) is 1. The van der Waals surface area contributed by atoms with Gasteiger partial charge in [0.2, 0.25) is 0 Å². The van der Waals surface area contributed by atoms with Gasteiger partial charge < -0.3 is 4.74 Å². The largest absolute Gasteiger partial charge is 0.497 e. The Balaban J connectivity index is 2.03. The maximum Gasteiger partial charge on any atom is 0.119 e. The van der Waals surface area contributed by atoms with Crippen LogP contribution < -0.4 is 16.0 Å². The summed E-state index contributed by atoms with van der Waals surface area (Å²) in [6.45, 7) is 2.10. The highest BCUT2D eigenvalue weighted by Gasteiger charge is 2.10. The summed E-state index contributed by atoms with van der Waals surface area (Å²) < 4.78 is 5.26. The number of hydrogen-bond acceptors (Lipinski definition) is 3. The van der Waals surface area contributed by atoms with Crippen LogP contribution in [0.15, 0.2) is 48.5 Å². The van der Waals surface area contributed by atoms with Gasteiger partial charge in [0.05, 0.1) is 7.11 Å². The highest BCUT2D eigenvalue weighted by atomic mass is 16.5. The first-order valence-electron chi connectivity index (χ1n) is 6.88. The van der Waals surface area contributed by atoms with Crippen LogP contribution in [0.2, 0.25) is 0 Å². The van der Waals surface area contributed by atoms with Crippen molar-refractivity contribution < 1.29 is 4.74 Å². The van der Waals surface area contributed by atoms with E-state index >= 15 is 0 Å². The number of benzene rings is 2. The van der Waals surface area contributed by atoms with E-state index in [0.29, 0.717) is 0 Å². The van der Waals surface area contributed by atoms with Crippen LogP contribution in [0.4, 0.5) is 0 Å². The topological polar surface area (TPSA) is 47.3 Å². The minimum Gasteiger partial charge on any atom is -0.497 e. The van der Waals surface area contributed by atoms with Crippen molar-refractivity contribution in [3.8, 4) is 5.75 Å². The van der Waals surface area contributed by atoms with Crippen LogP contribution in [0.3, 0.4) is 0 Å². The van der Waals surface area contributed by atoms with Crippen LogP contribution in [-0.4, -0.2) is 7.11 Å². The molecule has 0 aliphatic rings. The maximum atomic E-state index is 5.69. The lowest BCUT2D eigenvalue weighted by Crippen LogP contribution is -2.28. The number of nitrogens with two attached hydrogens (primary N) is 1. The Morgan fingerprint density at radius 2 is 1.90 bits per heavy atom. The fourth-order valence-electron chi connectivity index (χ4n) is 2.27.